The molecule has 0 aliphatic heterocycles. The first kappa shape index (κ1) is 27.0. The standard InChI is InChI=1S/C26H23N9O5/c1-3-22(36)29-20-12-17(13-21(14-20)35(39)40)15-4-8-19(9-5-15)31-26(38)34-24(27)32-25(33-34)30-18-10-6-16(7-11-18)23(37)28-2/h3-14H,1H2,2H3,(H,28,37)(H,29,36)(H,31,38)(H3,27,30,32,33). The van der Waals surface area contributed by atoms with Crippen molar-refractivity contribution in [2.75, 3.05) is 28.7 Å². The molecule has 0 fully saturated rings. The lowest BCUT2D eigenvalue weighted by Gasteiger charge is -2.09. The number of amides is 3. The number of carbonyl (C=O) groups excluding carboxylic acids is 3. The van der Waals surface area contributed by atoms with Gasteiger partial charge in [0.15, 0.2) is 0 Å². The van der Waals surface area contributed by atoms with Gasteiger partial charge in [0, 0.05) is 41.8 Å². The molecule has 0 saturated heterocycles. The fourth-order valence-electron chi connectivity index (χ4n) is 3.58. The van der Waals surface area contributed by atoms with E-state index in [1.165, 1.54) is 19.2 Å². The van der Waals surface area contributed by atoms with Crippen LogP contribution < -0.4 is 27.0 Å². The number of nitrogens with one attached hydrogen (secondary N) is 4. The van der Waals surface area contributed by atoms with E-state index in [4.69, 9.17) is 5.73 Å². The maximum atomic E-state index is 12.8. The molecule has 202 valence electrons. The summed E-state index contributed by atoms with van der Waals surface area (Å²) in [7, 11) is 1.54. The normalized spacial score (nSPS) is 10.3. The number of rotatable bonds is 8. The van der Waals surface area contributed by atoms with Gasteiger partial charge >= 0.3 is 6.03 Å². The molecule has 0 atom stereocenters. The van der Waals surface area contributed by atoms with Gasteiger partial charge in [0.1, 0.15) is 0 Å². The number of aromatic nitrogens is 3. The van der Waals surface area contributed by atoms with Crippen LogP contribution >= 0.6 is 0 Å². The summed E-state index contributed by atoms with van der Waals surface area (Å²) < 4.78 is 0.879. The lowest BCUT2D eigenvalue weighted by Crippen LogP contribution is -2.22. The van der Waals surface area contributed by atoms with Gasteiger partial charge in [-0.3, -0.25) is 19.7 Å². The van der Waals surface area contributed by atoms with Gasteiger partial charge in [-0.05, 0) is 59.7 Å². The van der Waals surface area contributed by atoms with Crippen LogP contribution in [0.4, 0.5) is 39.4 Å². The van der Waals surface area contributed by atoms with Crippen LogP contribution in [0.5, 0.6) is 0 Å². The van der Waals surface area contributed by atoms with Crippen LogP contribution in [0.15, 0.2) is 79.4 Å². The number of nitro benzene ring substituents is 1. The first-order valence-corrected chi connectivity index (χ1v) is 11.6. The van der Waals surface area contributed by atoms with Gasteiger partial charge in [-0.2, -0.15) is 4.98 Å². The zero-order valence-electron chi connectivity index (χ0n) is 21.0. The fourth-order valence-corrected chi connectivity index (χ4v) is 3.58. The lowest BCUT2D eigenvalue weighted by atomic mass is 10.0. The van der Waals surface area contributed by atoms with Crippen LogP contribution in [0.25, 0.3) is 11.1 Å². The number of carbonyl (C=O) groups is 3. The van der Waals surface area contributed by atoms with Gasteiger partial charge in [0.05, 0.1) is 4.92 Å². The second kappa shape index (κ2) is 11.6. The molecule has 0 unspecified atom stereocenters. The highest BCUT2D eigenvalue weighted by atomic mass is 16.6. The van der Waals surface area contributed by atoms with E-state index in [-0.39, 0.29) is 29.2 Å². The molecule has 6 N–H and O–H groups in total. The summed E-state index contributed by atoms with van der Waals surface area (Å²) in [6.07, 6.45) is 1.06. The monoisotopic (exact) mass is 541 g/mol. The summed E-state index contributed by atoms with van der Waals surface area (Å²) in [5.41, 5.74) is 8.43. The van der Waals surface area contributed by atoms with Crippen LogP contribution in [-0.2, 0) is 4.79 Å². The van der Waals surface area contributed by atoms with E-state index in [0.717, 1.165) is 10.8 Å². The number of nitrogen functional groups attached to an aromatic ring is 1. The molecule has 0 aliphatic rings. The van der Waals surface area contributed by atoms with Gasteiger partial charge < -0.3 is 27.0 Å². The number of nitrogens with two attached hydrogens (primary N) is 1. The van der Waals surface area contributed by atoms with Crippen LogP contribution in [0.1, 0.15) is 10.4 Å². The summed E-state index contributed by atoms with van der Waals surface area (Å²) in [6, 6.07) is 16.5. The molecule has 14 heteroatoms. The molecule has 0 aliphatic carbocycles. The van der Waals surface area contributed by atoms with E-state index < -0.39 is 16.9 Å². The summed E-state index contributed by atoms with van der Waals surface area (Å²) in [4.78, 5) is 51.0. The maximum absolute atomic E-state index is 12.8. The van der Waals surface area contributed by atoms with Crippen molar-refractivity contribution in [2.45, 2.75) is 0 Å². The Bertz CT molecular complexity index is 1610. The van der Waals surface area contributed by atoms with E-state index in [1.54, 1.807) is 54.6 Å². The molecule has 1 aromatic heterocycles. The minimum Gasteiger partial charge on any atom is -0.368 e. The molecule has 3 amide bonds. The topological polar surface area (TPSA) is 199 Å². The molecule has 0 saturated carbocycles. The minimum absolute atomic E-state index is 0.0701. The average molecular weight is 542 g/mol. The van der Waals surface area contributed by atoms with Gasteiger partial charge in [-0.25, -0.2) is 4.79 Å². The Balaban J connectivity index is 1.47. The summed E-state index contributed by atoms with van der Waals surface area (Å²) >= 11 is 0. The Hall–Kier alpha value is -6.05. The van der Waals surface area contributed by atoms with E-state index in [9.17, 15) is 24.5 Å². The Morgan fingerprint density at radius 3 is 2.25 bits per heavy atom. The first-order valence-electron chi connectivity index (χ1n) is 11.6. The van der Waals surface area contributed by atoms with E-state index in [0.29, 0.717) is 28.1 Å². The largest absolute Gasteiger partial charge is 0.368 e. The smallest absolute Gasteiger partial charge is 0.349 e. The van der Waals surface area contributed by atoms with Crippen LogP contribution in [0.3, 0.4) is 0 Å². The zero-order chi connectivity index (χ0) is 28.8. The number of hydrogen-bond acceptors (Lipinski definition) is 9. The number of nitro groups is 1. The first-order chi connectivity index (χ1) is 19.2. The molecular formula is C26H23N9O5. The summed E-state index contributed by atoms with van der Waals surface area (Å²) in [5.74, 6) is -0.825. The van der Waals surface area contributed by atoms with Gasteiger partial charge in [-0.15, -0.1) is 9.78 Å². The van der Waals surface area contributed by atoms with Gasteiger partial charge in [0.25, 0.3) is 11.6 Å². The molecule has 4 aromatic rings. The molecule has 0 radical (unpaired) electrons. The molecule has 40 heavy (non-hydrogen) atoms. The number of benzene rings is 3. The molecule has 0 spiro atoms. The van der Waals surface area contributed by atoms with Crippen LogP contribution in [0, 0.1) is 10.1 Å². The second-order valence-electron chi connectivity index (χ2n) is 8.21. The molecule has 0 bridgehead atoms. The van der Waals surface area contributed by atoms with Crippen molar-refractivity contribution < 1.29 is 19.3 Å². The maximum Gasteiger partial charge on any atom is 0.349 e. The van der Waals surface area contributed by atoms with Crippen molar-refractivity contribution in [1.29, 1.82) is 0 Å². The van der Waals surface area contributed by atoms with E-state index in [2.05, 4.69) is 37.9 Å². The summed E-state index contributed by atoms with van der Waals surface area (Å²) in [5, 5.41) is 26.1. The van der Waals surface area contributed by atoms with Crippen LogP contribution in [-0.4, -0.2) is 44.6 Å². The van der Waals surface area contributed by atoms with Crippen molar-refractivity contribution in [2.24, 2.45) is 0 Å². The van der Waals surface area contributed by atoms with Crippen molar-refractivity contribution in [3.63, 3.8) is 0 Å². The number of non-ortho nitro benzene ring substituents is 1. The highest BCUT2D eigenvalue weighted by Crippen LogP contribution is 2.29. The quantitative estimate of drug-likeness (QED) is 0.125. The Morgan fingerprint density at radius 2 is 1.62 bits per heavy atom. The Morgan fingerprint density at radius 1 is 0.950 bits per heavy atom. The predicted octanol–water partition coefficient (Wildman–Crippen LogP) is 3.74. The third kappa shape index (κ3) is 6.25. The minimum atomic E-state index is -0.675. The van der Waals surface area contributed by atoms with Crippen molar-refractivity contribution >= 4 is 52.5 Å². The van der Waals surface area contributed by atoms with E-state index >= 15 is 0 Å². The molecule has 4 rings (SSSR count). The second-order valence-corrected chi connectivity index (χ2v) is 8.21. The third-order valence-corrected chi connectivity index (χ3v) is 5.51. The molecule has 1 heterocycles. The van der Waals surface area contributed by atoms with Gasteiger partial charge in [-0.1, -0.05) is 18.7 Å². The highest BCUT2D eigenvalue weighted by Gasteiger charge is 2.16. The number of hydrogen-bond donors (Lipinski definition) is 5. The molecular weight excluding hydrogens is 518 g/mol. The Labute approximate surface area is 227 Å². The molecule has 14 nitrogen and oxygen atoms in total. The van der Waals surface area contributed by atoms with E-state index in [1.807, 2.05) is 0 Å². The third-order valence-electron chi connectivity index (χ3n) is 5.51. The summed E-state index contributed by atoms with van der Waals surface area (Å²) in [6.45, 7) is 3.37. The average Bonchev–Trinajstić information content (AvgIpc) is 3.32. The molecule has 3 aromatic carbocycles. The fraction of sp³-hybridized carbons (Fsp3) is 0.0385. The Kier molecular flexibility index (Phi) is 7.80. The zero-order valence-corrected chi connectivity index (χ0v) is 21.0. The van der Waals surface area contributed by atoms with Crippen molar-refractivity contribution in [1.82, 2.24) is 20.1 Å². The van der Waals surface area contributed by atoms with Gasteiger partial charge in [0.2, 0.25) is 17.8 Å². The van der Waals surface area contributed by atoms with Crippen molar-refractivity contribution in [3.8, 4) is 11.1 Å². The highest BCUT2D eigenvalue weighted by molar-refractivity contribution is 5.99. The predicted molar refractivity (Wildman–Crippen MR) is 149 cm³/mol. The van der Waals surface area contributed by atoms with Crippen LogP contribution in [0.2, 0.25) is 0 Å². The number of nitrogens with zero attached hydrogens (tertiary/aromatic N) is 4. The lowest BCUT2D eigenvalue weighted by molar-refractivity contribution is -0.384. The SMILES string of the molecule is C=CC(=O)Nc1cc(-c2ccc(NC(=O)n3nc(Nc4ccc(C(=O)NC)cc4)nc3N)cc2)cc([N+](=O)[O-])c1. The van der Waals surface area contributed by atoms with Crippen molar-refractivity contribution in [3.05, 3.63) is 95.1 Å². The number of anilines is 5.